The Morgan fingerprint density at radius 3 is 3.09 bits per heavy atom. The molecule has 0 fully saturated rings. The molecule has 0 aliphatic carbocycles. The predicted molar refractivity (Wildman–Crippen MR) is 46.7 cm³/mol. The molecule has 0 saturated heterocycles. The minimum Gasteiger partial charge on any atom is -0.376 e. The average Bonchev–Trinajstić information content (AvgIpc) is 2.47. The number of rotatable bonds is 1. The highest BCUT2D eigenvalue weighted by Crippen LogP contribution is 2.37. The maximum absolute atomic E-state index is 8.93. The number of nitrogens with zero attached hydrogens (tertiary/aromatic N) is 1. The standard InChI is InChI=1S/C8H9NOS/c10-5-9-6-11-8-4-2-1-3-7(8)9/h1-4,10H,5-6H2. The Kier molecular flexibility index (Phi) is 1.75. The van der Waals surface area contributed by atoms with Gasteiger partial charge in [0.2, 0.25) is 0 Å². The summed E-state index contributed by atoms with van der Waals surface area (Å²) in [6.45, 7) is 0.115. The zero-order chi connectivity index (χ0) is 7.68. The van der Waals surface area contributed by atoms with Gasteiger partial charge in [-0.3, -0.25) is 0 Å². The molecule has 1 N–H and O–H groups in total. The summed E-state index contributed by atoms with van der Waals surface area (Å²) < 4.78 is 0. The van der Waals surface area contributed by atoms with Crippen molar-refractivity contribution in [2.24, 2.45) is 0 Å². The Bertz CT molecular complexity index is 264. The van der Waals surface area contributed by atoms with E-state index in [0.29, 0.717) is 0 Å². The van der Waals surface area contributed by atoms with Crippen LogP contribution in [0.5, 0.6) is 0 Å². The third kappa shape index (κ3) is 1.10. The number of aliphatic hydroxyl groups is 1. The molecule has 0 aromatic heterocycles. The van der Waals surface area contributed by atoms with Crippen molar-refractivity contribution in [2.75, 3.05) is 17.5 Å². The molecule has 1 heterocycles. The van der Waals surface area contributed by atoms with Gasteiger partial charge >= 0.3 is 0 Å². The second-order valence-electron chi connectivity index (χ2n) is 2.42. The Morgan fingerprint density at radius 2 is 2.27 bits per heavy atom. The van der Waals surface area contributed by atoms with Crippen LogP contribution >= 0.6 is 11.8 Å². The lowest BCUT2D eigenvalue weighted by Crippen LogP contribution is -2.19. The van der Waals surface area contributed by atoms with Gasteiger partial charge in [0.15, 0.2) is 0 Å². The Labute approximate surface area is 69.8 Å². The molecule has 0 saturated carbocycles. The molecular weight excluding hydrogens is 158 g/mol. The van der Waals surface area contributed by atoms with Crippen LogP contribution in [-0.4, -0.2) is 17.7 Å². The second kappa shape index (κ2) is 2.75. The van der Waals surface area contributed by atoms with Crippen molar-refractivity contribution < 1.29 is 5.11 Å². The van der Waals surface area contributed by atoms with E-state index < -0.39 is 0 Å². The van der Waals surface area contributed by atoms with Crippen molar-refractivity contribution >= 4 is 17.4 Å². The molecule has 0 atom stereocenters. The number of anilines is 1. The van der Waals surface area contributed by atoms with E-state index in [2.05, 4.69) is 6.07 Å². The fraction of sp³-hybridized carbons (Fsp3) is 0.250. The van der Waals surface area contributed by atoms with Crippen LogP contribution in [0.3, 0.4) is 0 Å². The van der Waals surface area contributed by atoms with E-state index in [1.54, 1.807) is 11.8 Å². The van der Waals surface area contributed by atoms with Crippen molar-refractivity contribution in [3.63, 3.8) is 0 Å². The van der Waals surface area contributed by atoms with Crippen molar-refractivity contribution in [3.05, 3.63) is 24.3 Å². The number of thioether (sulfide) groups is 1. The minimum atomic E-state index is 0.115. The smallest absolute Gasteiger partial charge is 0.116 e. The second-order valence-corrected chi connectivity index (χ2v) is 3.41. The van der Waals surface area contributed by atoms with E-state index in [9.17, 15) is 0 Å². The van der Waals surface area contributed by atoms with E-state index in [4.69, 9.17) is 5.11 Å². The van der Waals surface area contributed by atoms with E-state index in [0.717, 1.165) is 11.6 Å². The molecule has 2 nitrogen and oxygen atoms in total. The normalized spacial score (nSPS) is 15.2. The number of benzene rings is 1. The van der Waals surface area contributed by atoms with Crippen LogP contribution in [0.25, 0.3) is 0 Å². The summed E-state index contributed by atoms with van der Waals surface area (Å²) in [5.41, 5.74) is 1.15. The highest BCUT2D eigenvalue weighted by Gasteiger charge is 2.16. The molecule has 58 valence electrons. The van der Waals surface area contributed by atoms with Gasteiger partial charge in [-0.05, 0) is 12.1 Å². The van der Waals surface area contributed by atoms with Crippen LogP contribution in [0.4, 0.5) is 5.69 Å². The number of hydrogen-bond donors (Lipinski definition) is 1. The topological polar surface area (TPSA) is 23.5 Å². The molecule has 0 spiro atoms. The Morgan fingerprint density at radius 1 is 1.45 bits per heavy atom. The van der Waals surface area contributed by atoms with Crippen molar-refractivity contribution in [1.82, 2.24) is 0 Å². The minimum absolute atomic E-state index is 0.115. The zero-order valence-electron chi connectivity index (χ0n) is 6.03. The summed E-state index contributed by atoms with van der Waals surface area (Å²) in [6.07, 6.45) is 0. The fourth-order valence-corrected chi connectivity index (χ4v) is 2.21. The SMILES string of the molecule is OCN1CSc2ccccc21. The molecule has 1 aliphatic heterocycles. The largest absolute Gasteiger partial charge is 0.376 e. The molecule has 1 aromatic rings. The highest BCUT2D eigenvalue weighted by molar-refractivity contribution is 7.99. The first-order valence-corrected chi connectivity index (χ1v) is 4.48. The van der Waals surface area contributed by atoms with Gasteiger partial charge in [-0.15, -0.1) is 11.8 Å². The molecule has 1 aromatic carbocycles. The molecule has 3 heteroatoms. The van der Waals surface area contributed by atoms with Crippen LogP contribution in [-0.2, 0) is 0 Å². The van der Waals surface area contributed by atoms with Gasteiger partial charge < -0.3 is 10.0 Å². The summed E-state index contributed by atoms with van der Waals surface area (Å²) in [5, 5.41) is 8.93. The summed E-state index contributed by atoms with van der Waals surface area (Å²) in [6, 6.07) is 8.13. The summed E-state index contributed by atoms with van der Waals surface area (Å²) in [5.74, 6) is 0.871. The van der Waals surface area contributed by atoms with Crippen molar-refractivity contribution in [1.29, 1.82) is 0 Å². The van der Waals surface area contributed by atoms with Crippen molar-refractivity contribution in [2.45, 2.75) is 4.90 Å². The lowest BCUT2D eigenvalue weighted by Gasteiger charge is -2.13. The molecule has 0 amide bonds. The average molecular weight is 167 g/mol. The van der Waals surface area contributed by atoms with Gasteiger partial charge in [0.05, 0.1) is 11.6 Å². The maximum atomic E-state index is 8.93. The van der Waals surface area contributed by atoms with Crippen LogP contribution in [0.1, 0.15) is 0 Å². The van der Waals surface area contributed by atoms with E-state index in [-0.39, 0.29) is 6.73 Å². The molecule has 1 aliphatic rings. The number of aliphatic hydroxyl groups excluding tert-OH is 1. The molecule has 2 rings (SSSR count). The fourth-order valence-electron chi connectivity index (χ4n) is 1.17. The zero-order valence-corrected chi connectivity index (χ0v) is 6.84. The summed E-state index contributed by atoms with van der Waals surface area (Å²) in [4.78, 5) is 3.21. The third-order valence-corrected chi connectivity index (χ3v) is 2.85. The number of para-hydroxylation sites is 1. The molecule has 11 heavy (non-hydrogen) atoms. The first-order valence-electron chi connectivity index (χ1n) is 3.49. The molecule has 0 bridgehead atoms. The molecule has 0 radical (unpaired) electrons. The third-order valence-electron chi connectivity index (χ3n) is 1.75. The van der Waals surface area contributed by atoms with Crippen LogP contribution in [0.15, 0.2) is 29.2 Å². The Balaban J connectivity index is 2.39. The number of fused-ring (bicyclic) bond motifs is 1. The van der Waals surface area contributed by atoms with E-state index >= 15 is 0 Å². The van der Waals surface area contributed by atoms with Crippen molar-refractivity contribution in [3.8, 4) is 0 Å². The first-order chi connectivity index (χ1) is 5.42. The van der Waals surface area contributed by atoms with Gasteiger partial charge in [-0.25, -0.2) is 0 Å². The quantitative estimate of drug-likeness (QED) is 0.685. The van der Waals surface area contributed by atoms with Crippen LogP contribution in [0, 0.1) is 0 Å². The molecular formula is C8H9NOS. The van der Waals surface area contributed by atoms with E-state index in [1.807, 2.05) is 23.1 Å². The van der Waals surface area contributed by atoms with Crippen LogP contribution < -0.4 is 4.90 Å². The monoisotopic (exact) mass is 167 g/mol. The van der Waals surface area contributed by atoms with Crippen LogP contribution in [0.2, 0.25) is 0 Å². The highest BCUT2D eigenvalue weighted by atomic mass is 32.2. The van der Waals surface area contributed by atoms with Gasteiger partial charge in [-0.2, -0.15) is 0 Å². The van der Waals surface area contributed by atoms with Gasteiger partial charge in [0, 0.05) is 4.90 Å². The lowest BCUT2D eigenvalue weighted by molar-refractivity contribution is 0.297. The van der Waals surface area contributed by atoms with Gasteiger partial charge in [0.25, 0.3) is 0 Å². The predicted octanol–water partition coefficient (Wildman–Crippen LogP) is 1.51. The summed E-state index contributed by atoms with van der Waals surface area (Å²) in [7, 11) is 0. The van der Waals surface area contributed by atoms with Gasteiger partial charge in [-0.1, -0.05) is 12.1 Å². The maximum Gasteiger partial charge on any atom is 0.116 e. The van der Waals surface area contributed by atoms with E-state index in [1.165, 1.54) is 4.90 Å². The first kappa shape index (κ1) is 7.00. The lowest BCUT2D eigenvalue weighted by atomic mass is 10.3. The number of hydrogen-bond acceptors (Lipinski definition) is 3. The molecule has 0 unspecified atom stereocenters. The van der Waals surface area contributed by atoms with Gasteiger partial charge in [0.1, 0.15) is 6.73 Å². The summed E-state index contributed by atoms with van der Waals surface area (Å²) >= 11 is 1.77. The Hall–Kier alpha value is -0.670.